The average Bonchev–Trinajstić information content (AvgIpc) is 2.43. The van der Waals surface area contributed by atoms with Crippen molar-refractivity contribution in [1.29, 1.82) is 0 Å². The van der Waals surface area contributed by atoms with E-state index in [1.54, 1.807) is 42.6 Å². The summed E-state index contributed by atoms with van der Waals surface area (Å²) in [7, 11) is -9.96. The minimum absolute atomic E-state index is 0. The third kappa shape index (κ3) is 5.92. The minimum atomic E-state index is -4.98. The molecule has 0 fully saturated rings. The minimum Gasteiger partial charge on any atom is -1.00 e. The molecule has 2 aromatic heterocycles. The van der Waals surface area contributed by atoms with Crippen LogP contribution in [0.2, 0.25) is 0 Å². The number of hydrogen-bond acceptors (Lipinski definition) is 3. The summed E-state index contributed by atoms with van der Waals surface area (Å²) in [6, 6.07) is 10.1. The molecule has 0 aliphatic rings. The van der Waals surface area contributed by atoms with Gasteiger partial charge in [0.25, 0.3) is 0 Å². The lowest BCUT2D eigenvalue weighted by Crippen LogP contribution is -3.00. The number of pyridine rings is 2. The number of nitrogens with zero attached hydrogens (tertiary/aromatic N) is 2. The molecule has 134 valence electrons. The SMILES string of the molecule is Cl.O=P(O)(O)C(C[n+]1ccccc1-c1ccccn1)P(=O)(O)O.[Cl-]. The lowest BCUT2D eigenvalue weighted by Gasteiger charge is -2.17. The van der Waals surface area contributed by atoms with Gasteiger partial charge >= 0.3 is 15.2 Å². The highest BCUT2D eigenvalue weighted by Crippen LogP contribution is 2.59. The summed E-state index contributed by atoms with van der Waals surface area (Å²) >= 11 is 0. The van der Waals surface area contributed by atoms with Gasteiger partial charge in [-0.1, -0.05) is 6.07 Å². The molecule has 0 atom stereocenters. The average molecular weight is 417 g/mol. The maximum atomic E-state index is 11.4. The zero-order valence-electron chi connectivity index (χ0n) is 12.1. The molecule has 0 amide bonds. The van der Waals surface area contributed by atoms with Gasteiger partial charge in [-0.15, -0.1) is 12.4 Å². The predicted molar refractivity (Wildman–Crippen MR) is 85.0 cm³/mol. The first-order chi connectivity index (χ1) is 10.2. The van der Waals surface area contributed by atoms with Crippen LogP contribution < -0.4 is 17.0 Å². The van der Waals surface area contributed by atoms with E-state index in [-0.39, 0.29) is 24.8 Å². The van der Waals surface area contributed by atoms with Crippen molar-refractivity contribution in [3.63, 3.8) is 0 Å². The molecule has 12 heteroatoms. The van der Waals surface area contributed by atoms with Gasteiger partial charge in [-0.05, 0) is 18.2 Å². The van der Waals surface area contributed by atoms with Crippen LogP contribution in [0.3, 0.4) is 0 Å². The molecule has 0 saturated heterocycles. The molecule has 0 aromatic carbocycles. The number of aromatic nitrogens is 2. The van der Waals surface area contributed by atoms with Gasteiger partial charge in [0.15, 0.2) is 12.7 Å². The largest absolute Gasteiger partial charge is 1.00 e. The molecule has 4 N–H and O–H groups in total. The fourth-order valence-electron chi connectivity index (χ4n) is 1.97. The molecule has 2 aromatic rings. The highest BCUT2D eigenvalue weighted by Gasteiger charge is 2.46. The van der Waals surface area contributed by atoms with E-state index < -0.39 is 27.1 Å². The van der Waals surface area contributed by atoms with Gasteiger partial charge in [-0.25, -0.2) is 4.98 Å². The first-order valence-corrected chi connectivity index (χ1v) is 9.56. The molecule has 0 spiro atoms. The molecule has 0 unspecified atom stereocenters. The molecule has 2 rings (SSSR count). The van der Waals surface area contributed by atoms with Gasteiger partial charge in [-0.3, -0.25) is 9.13 Å². The number of halogens is 2. The van der Waals surface area contributed by atoms with Crippen molar-refractivity contribution < 1.29 is 45.7 Å². The molecular weight excluding hydrogens is 401 g/mol. The van der Waals surface area contributed by atoms with E-state index in [4.69, 9.17) is 0 Å². The van der Waals surface area contributed by atoms with Gasteiger partial charge in [0.1, 0.15) is 5.69 Å². The predicted octanol–water partition coefficient (Wildman–Crippen LogP) is -1.86. The maximum absolute atomic E-state index is 11.4. The van der Waals surface area contributed by atoms with Crippen molar-refractivity contribution in [1.82, 2.24) is 4.98 Å². The molecule has 2 heterocycles. The van der Waals surface area contributed by atoms with E-state index in [0.29, 0.717) is 11.4 Å². The summed E-state index contributed by atoms with van der Waals surface area (Å²) in [5.74, 6) is 0. The van der Waals surface area contributed by atoms with Gasteiger partial charge in [0.05, 0.1) is 0 Å². The molecule has 8 nitrogen and oxygen atoms in total. The summed E-state index contributed by atoms with van der Waals surface area (Å²) in [5, 5.41) is -2.10. The van der Waals surface area contributed by atoms with Crippen LogP contribution in [0.1, 0.15) is 0 Å². The summed E-state index contributed by atoms with van der Waals surface area (Å²) in [6.07, 6.45) is 3.04. The Morgan fingerprint density at radius 3 is 2.08 bits per heavy atom. The van der Waals surface area contributed by atoms with Crippen molar-refractivity contribution in [3.05, 3.63) is 48.8 Å². The lowest BCUT2D eigenvalue weighted by atomic mass is 10.2. The van der Waals surface area contributed by atoms with Crippen LogP contribution >= 0.6 is 27.6 Å². The normalized spacial score (nSPS) is 11.5. The monoisotopic (exact) mass is 416 g/mol. The van der Waals surface area contributed by atoms with Crippen LogP contribution in [-0.4, -0.2) is 30.0 Å². The van der Waals surface area contributed by atoms with E-state index in [1.165, 1.54) is 10.8 Å². The topological polar surface area (TPSA) is 132 Å². The van der Waals surface area contributed by atoms with Crippen molar-refractivity contribution >= 4 is 27.6 Å². The number of rotatable bonds is 5. The molecule has 24 heavy (non-hydrogen) atoms. The maximum Gasteiger partial charge on any atom is 0.347 e. The third-order valence-electron chi connectivity index (χ3n) is 3.00. The Morgan fingerprint density at radius 2 is 1.58 bits per heavy atom. The van der Waals surface area contributed by atoms with Crippen LogP contribution in [0.15, 0.2) is 48.8 Å². The van der Waals surface area contributed by atoms with Gasteiger partial charge in [0, 0.05) is 18.3 Å². The highest BCUT2D eigenvalue weighted by molar-refractivity contribution is 7.70. The fourth-order valence-corrected chi connectivity index (χ4v) is 4.31. The van der Waals surface area contributed by atoms with Crippen molar-refractivity contribution in [3.8, 4) is 11.4 Å². The second-order valence-electron chi connectivity index (χ2n) is 4.61. The Bertz CT molecular complexity index is 730. The summed E-state index contributed by atoms with van der Waals surface area (Å²) in [5.41, 5.74) is 1.02. The van der Waals surface area contributed by atoms with E-state index in [0.717, 1.165) is 0 Å². The summed E-state index contributed by atoms with van der Waals surface area (Å²) in [4.78, 5) is 41.0. The van der Waals surface area contributed by atoms with Crippen LogP contribution in [0.25, 0.3) is 11.4 Å². The van der Waals surface area contributed by atoms with Gasteiger partial charge in [0.2, 0.25) is 11.1 Å². The first kappa shape index (κ1) is 23.2. The zero-order valence-corrected chi connectivity index (χ0v) is 15.4. The lowest BCUT2D eigenvalue weighted by molar-refractivity contribution is -0.684. The smallest absolute Gasteiger partial charge is 0.347 e. The van der Waals surface area contributed by atoms with Crippen LogP contribution in [-0.2, 0) is 15.7 Å². The second kappa shape index (κ2) is 9.04. The van der Waals surface area contributed by atoms with Crippen LogP contribution in [0.4, 0.5) is 0 Å². The second-order valence-corrected chi connectivity index (χ2v) is 8.62. The van der Waals surface area contributed by atoms with Crippen LogP contribution in [0.5, 0.6) is 0 Å². The van der Waals surface area contributed by atoms with Gasteiger partial charge < -0.3 is 32.0 Å². The Balaban J connectivity index is 0.00000264. The quantitative estimate of drug-likeness (QED) is 0.332. The van der Waals surface area contributed by atoms with Gasteiger partial charge in [-0.2, -0.15) is 4.57 Å². The standard InChI is InChI=1S/C12H14N2O6P2.2ClH/c15-21(16,17)12(22(18,19)20)9-14-8-4-2-6-11(14)10-5-1-3-7-13-10;;/h1-8,12H,9H2,(H3-,15,16,17,18,19,20);2*1H. The molecule has 0 aliphatic carbocycles. The molecular formula is C12H16Cl2N2O6P2. The Labute approximate surface area is 150 Å². The van der Waals surface area contributed by atoms with E-state index in [2.05, 4.69) is 4.98 Å². The van der Waals surface area contributed by atoms with E-state index >= 15 is 0 Å². The third-order valence-corrected chi connectivity index (χ3v) is 6.69. The molecule has 0 aliphatic heterocycles. The Hall–Kier alpha value is -0.820. The summed E-state index contributed by atoms with van der Waals surface area (Å²) in [6.45, 7) is -0.526. The highest BCUT2D eigenvalue weighted by atomic mass is 35.5. The fraction of sp³-hybridized carbons (Fsp3) is 0.167. The zero-order chi connectivity index (χ0) is 16.4. The molecule has 0 radical (unpaired) electrons. The molecule has 0 bridgehead atoms. The molecule has 0 saturated carbocycles. The van der Waals surface area contributed by atoms with E-state index in [1.807, 2.05) is 0 Å². The van der Waals surface area contributed by atoms with Crippen LogP contribution in [0, 0.1) is 0 Å². The Morgan fingerprint density at radius 1 is 1.00 bits per heavy atom. The Kier molecular flexibility index (Phi) is 8.73. The first-order valence-electron chi connectivity index (χ1n) is 6.20. The van der Waals surface area contributed by atoms with Crippen molar-refractivity contribution in [2.24, 2.45) is 0 Å². The summed E-state index contributed by atoms with van der Waals surface area (Å²) < 4.78 is 24.2. The van der Waals surface area contributed by atoms with Crippen molar-refractivity contribution in [2.75, 3.05) is 0 Å². The van der Waals surface area contributed by atoms with Crippen molar-refractivity contribution in [2.45, 2.75) is 11.9 Å². The number of hydrogen-bond donors (Lipinski definition) is 4. The van der Waals surface area contributed by atoms with E-state index in [9.17, 15) is 28.7 Å².